The van der Waals surface area contributed by atoms with Gasteiger partial charge in [-0.3, -0.25) is 0 Å². The minimum Gasteiger partial charge on any atom is -0.449 e. The van der Waals surface area contributed by atoms with Gasteiger partial charge in [-0.05, 0) is 24.5 Å². The van der Waals surface area contributed by atoms with E-state index in [9.17, 15) is 9.18 Å². The summed E-state index contributed by atoms with van der Waals surface area (Å²) in [4.78, 5) is 17.0. The maximum absolute atomic E-state index is 12.7. The number of hydrogen-bond donors (Lipinski definition) is 0. The topological polar surface area (TPSA) is 42.4 Å². The standard InChI is InChI=1S/C13H17FN2O2/c1-2-7-18-13(17)16-6-5-11(9-16)10-3-4-12(14)15-8-10/h3-4,8,11H,2,5-7,9H2,1H3. The fourth-order valence-corrected chi connectivity index (χ4v) is 2.11. The fraction of sp³-hybridized carbons (Fsp3) is 0.538. The first-order valence-corrected chi connectivity index (χ1v) is 6.24. The van der Waals surface area contributed by atoms with Gasteiger partial charge in [-0.2, -0.15) is 4.39 Å². The first-order chi connectivity index (χ1) is 8.70. The zero-order valence-corrected chi connectivity index (χ0v) is 10.4. The number of rotatable bonds is 3. The largest absolute Gasteiger partial charge is 0.449 e. The van der Waals surface area contributed by atoms with Gasteiger partial charge in [0.2, 0.25) is 5.95 Å². The van der Waals surface area contributed by atoms with Crippen molar-refractivity contribution >= 4 is 6.09 Å². The molecule has 1 aliphatic rings. The molecule has 2 rings (SSSR count). The van der Waals surface area contributed by atoms with E-state index in [1.54, 1.807) is 17.2 Å². The molecular formula is C13H17FN2O2. The van der Waals surface area contributed by atoms with E-state index in [2.05, 4.69) is 4.98 Å². The summed E-state index contributed by atoms with van der Waals surface area (Å²) < 4.78 is 17.8. The number of carbonyl (C=O) groups excluding carboxylic acids is 1. The summed E-state index contributed by atoms with van der Waals surface area (Å²) >= 11 is 0. The molecule has 0 aliphatic carbocycles. The number of ether oxygens (including phenoxy) is 1. The van der Waals surface area contributed by atoms with Gasteiger partial charge >= 0.3 is 6.09 Å². The van der Waals surface area contributed by atoms with E-state index in [0.717, 1.165) is 18.4 Å². The fourth-order valence-electron chi connectivity index (χ4n) is 2.11. The predicted molar refractivity (Wildman–Crippen MR) is 64.8 cm³/mol. The van der Waals surface area contributed by atoms with Crippen LogP contribution in [0.3, 0.4) is 0 Å². The predicted octanol–water partition coefficient (Wildman–Crippen LogP) is 2.56. The van der Waals surface area contributed by atoms with Crippen molar-refractivity contribution in [3.63, 3.8) is 0 Å². The lowest BCUT2D eigenvalue weighted by molar-refractivity contribution is 0.110. The summed E-state index contributed by atoms with van der Waals surface area (Å²) in [6, 6.07) is 3.08. The highest BCUT2D eigenvalue weighted by Gasteiger charge is 2.28. The monoisotopic (exact) mass is 252 g/mol. The van der Waals surface area contributed by atoms with Crippen molar-refractivity contribution in [2.75, 3.05) is 19.7 Å². The van der Waals surface area contributed by atoms with Gasteiger partial charge in [0.05, 0.1) is 6.61 Å². The maximum atomic E-state index is 12.7. The van der Waals surface area contributed by atoms with E-state index in [1.807, 2.05) is 6.92 Å². The van der Waals surface area contributed by atoms with Crippen molar-refractivity contribution in [1.82, 2.24) is 9.88 Å². The second kappa shape index (κ2) is 5.80. The number of likely N-dealkylation sites (tertiary alicyclic amines) is 1. The third-order valence-corrected chi connectivity index (χ3v) is 3.10. The summed E-state index contributed by atoms with van der Waals surface area (Å²) in [6.07, 6.45) is 2.98. The number of nitrogens with zero attached hydrogens (tertiary/aromatic N) is 2. The van der Waals surface area contributed by atoms with Crippen molar-refractivity contribution in [2.45, 2.75) is 25.7 Å². The van der Waals surface area contributed by atoms with Crippen LogP contribution in [0.15, 0.2) is 18.3 Å². The van der Waals surface area contributed by atoms with E-state index >= 15 is 0 Å². The molecule has 0 radical (unpaired) electrons. The van der Waals surface area contributed by atoms with Gasteiger partial charge in [-0.1, -0.05) is 13.0 Å². The van der Waals surface area contributed by atoms with Crippen LogP contribution in [-0.2, 0) is 4.74 Å². The molecule has 1 amide bonds. The van der Waals surface area contributed by atoms with Gasteiger partial charge in [-0.15, -0.1) is 0 Å². The average molecular weight is 252 g/mol. The lowest BCUT2D eigenvalue weighted by Crippen LogP contribution is -2.29. The van der Waals surface area contributed by atoms with Crippen LogP contribution in [0.1, 0.15) is 31.2 Å². The van der Waals surface area contributed by atoms with Crippen LogP contribution in [0.5, 0.6) is 0 Å². The van der Waals surface area contributed by atoms with Crippen LogP contribution in [-0.4, -0.2) is 35.7 Å². The molecule has 1 aromatic rings. The highest BCUT2D eigenvalue weighted by atomic mass is 19.1. The molecular weight excluding hydrogens is 235 g/mol. The zero-order valence-electron chi connectivity index (χ0n) is 10.4. The summed E-state index contributed by atoms with van der Waals surface area (Å²) in [5, 5.41) is 0. The third kappa shape index (κ3) is 2.97. The first-order valence-electron chi connectivity index (χ1n) is 6.24. The first kappa shape index (κ1) is 12.8. The summed E-state index contributed by atoms with van der Waals surface area (Å²) in [7, 11) is 0. The molecule has 0 spiro atoms. The SMILES string of the molecule is CCCOC(=O)N1CCC(c2ccc(F)nc2)C1. The van der Waals surface area contributed by atoms with Gasteiger partial charge < -0.3 is 9.64 Å². The molecule has 1 aliphatic heterocycles. The lowest BCUT2D eigenvalue weighted by atomic mass is 10.0. The number of hydrogen-bond acceptors (Lipinski definition) is 3. The van der Waals surface area contributed by atoms with Gasteiger partial charge in [0.15, 0.2) is 0 Å². The molecule has 98 valence electrons. The molecule has 1 fully saturated rings. The van der Waals surface area contributed by atoms with E-state index in [-0.39, 0.29) is 12.0 Å². The summed E-state index contributed by atoms with van der Waals surface area (Å²) in [5.41, 5.74) is 0.974. The highest BCUT2D eigenvalue weighted by molar-refractivity contribution is 5.68. The Morgan fingerprint density at radius 3 is 3.11 bits per heavy atom. The Labute approximate surface area is 106 Å². The van der Waals surface area contributed by atoms with Crippen LogP contribution in [0.2, 0.25) is 0 Å². The normalized spacial score (nSPS) is 19.0. The Hall–Kier alpha value is -1.65. The second-order valence-corrected chi connectivity index (χ2v) is 4.46. The van der Waals surface area contributed by atoms with E-state index < -0.39 is 5.95 Å². The van der Waals surface area contributed by atoms with Gasteiger partial charge in [0.1, 0.15) is 0 Å². The Balaban J connectivity index is 1.91. The summed E-state index contributed by atoms with van der Waals surface area (Å²) in [5.74, 6) is -0.247. The number of pyridine rings is 1. The lowest BCUT2D eigenvalue weighted by Gasteiger charge is -2.16. The second-order valence-electron chi connectivity index (χ2n) is 4.46. The minimum absolute atomic E-state index is 0.229. The zero-order chi connectivity index (χ0) is 13.0. The van der Waals surface area contributed by atoms with Crippen molar-refractivity contribution in [3.8, 4) is 0 Å². The molecule has 5 heteroatoms. The molecule has 18 heavy (non-hydrogen) atoms. The molecule has 1 saturated heterocycles. The quantitative estimate of drug-likeness (QED) is 0.776. The van der Waals surface area contributed by atoms with Crippen molar-refractivity contribution in [3.05, 3.63) is 29.8 Å². The van der Waals surface area contributed by atoms with Crippen LogP contribution in [0.4, 0.5) is 9.18 Å². The van der Waals surface area contributed by atoms with Gasteiger partial charge in [-0.25, -0.2) is 9.78 Å². The smallest absolute Gasteiger partial charge is 0.409 e. The molecule has 0 aromatic carbocycles. The maximum Gasteiger partial charge on any atom is 0.409 e. The molecule has 0 N–H and O–H groups in total. The molecule has 0 bridgehead atoms. The minimum atomic E-state index is -0.476. The number of carbonyl (C=O) groups is 1. The van der Waals surface area contributed by atoms with Gasteiger partial charge in [0.25, 0.3) is 0 Å². The molecule has 0 saturated carbocycles. The average Bonchev–Trinajstić information content (AvgIpc) is 2.86. The Bertz CT molecular complexity index is 408. The Morgan fingerprint density at radius 2 is 2.44 bits per heavy atom. The van der Waals surface area contributed by atoms with Crippen molar-refractivity contribution < 1.29 is 13.9 Å². The van der Waals surface area contributed by atoms with E-state index in [1.165, 1.54) is 6.07 Å². The highest BCUT2D eigenvalue weighted by Crippen LogP contribution is 2.27. The number of amides is 1. The van der Waals surface area contributed by atoms with Crippen LogP contribution in [0, 0.1) is 5.95 Å². The number of aromatic nitrogens is 1. The van der Waals surface area contributed by atoms with E-state index in [0.29, 0.717) is 19.7 Å². The van der Waals surface area contributed by atoms with Crippen LogP contribution < -0.4 is 0 Å². The Kier molecular flexibility index (Phi) is 4.12. The number of halogens is 1. The van der Waals surface area contributed by atoms with E-state index in [4.69, 9.17) is 4.74 Å². The molecule has 2 heterocycles. The third-order valence-electron chi connectivity index (χ3n) is 3.10. The van der Waals surface area contributed by atoms with Crippen molar-refractivity contribution in [2.24, 2.45) is 0 Å². The van der Waals surface area contributed by atoms with Crippen molar-refractivity contribution in [1.29, 1.82) is 0 Å². The molecule has 4 nitrogen and oxygen atoms in total. The summed E-state index contributed by atoms with van der Waals surface area (Å²) in [6.45, 7) is 3.73. The Morgan fingerprint density at radius 1 is 1.61 bits per heavy atom. The molecule has 1 aromatic heterocycles. The van der Waals surface area contributed by atoms with Crippen LogP contribution >= 0.6 is 0 Å². The van der Waals surface area contributed by atoms with Gasteiger partial charge in [0, 0.05) is 25.2 Å². The molecule has 1 unspecified atom stereocenters. The van der Waals surface area contributed by atoms with Crippen LogP contribution in [0.25, 0.3) is 0 Å². The molecule has 1 atom stereocenters.